The van der Waals surface area contributed by atoms with Crippen molar-refractivity contribution in [2.45, 2.75) is 0 Å². The molecule has 4 heteroatoms. The van der Waals surface area contributed by atoms with Crippen molar-refractivity contribution >= 4 is 11.9 Å². The summed E-state index contributed by atoms with van der Waals surface area (Å²) in [6.45, 7) is 0. The van der Waals surface area contributed by atoms with Crippen LogP contribution in [0.1, 0.15) is 0 Å². The van der Waals surface area contributed by atoms with Crippen LogP contribution in [-0.2, 0) is 4.84 Å². The molecule has 0 aliphatic carbocycles. The third-order valence-corrected chi connectivity index (χ3v) is 0.920. The molecule has 0 amide bonds. The number of hydrogen-bond acceptors (Lipinski definition) is 3. The fraction of sp³-hybridized carbons (Fsp3) is 0. The third-order valence-electron chi connectivity index (χ3n) is 0.384. The Bertz CT molecular complexity index is 65.9. The van der Waals surface area contributed by atoms with Crippen molar-refractivity contribution in [3.8, 4) is 0 Å². The molecule has 1 rings (SSSR count). The molecule has 0 fully saturated rings. The summed E-state index contributed by atoms with van der Waals surface area (Å²) < 4.78 is -0.241. The third kappa shape index (κ3) is 0.649. The van der Waals surface area contributed by atoms with Gasteiger partial charge >= 0.3 is 0 Å². The highest BCUT2D eigenvalue weighted by Crippen LogP contribution is 1.93. The van der Waals surface area contributed by atoms with Crippen molar-refractivity contribution in [3.63, 3.8) is 0 Å². The van der Waals surface area contributed by atoms with Crippen LogP contribution in [-0.4, -0.2) is 0 Å². The van der Waals surface area contributed by atoms with Crippen molar-refractivity contribution in [2.75, 3.05) is 0 Å². The first-order valence-corrected chi connectivity index (χ1v) is 2.30. The van der Waals surface area contributed by atoms with Crippen LogP contribution in [0.5, 0.6) is 0 Å². The Morgan fingerprint density at radius 1 is 1.83 bits per heavy atom. The Morgan fingerprint density at radius 2 is 2.67 bits per heavy atom. The molecule has 0 aromatic carbocycles. The zero-order valence-corrected chi connectivity index (χ0v) is 3.70. The second-order valence-electron chi connectivity index (χ2n) is 0.758. The summed E-state index contributed by atoms with van der Waals surface area (Å²) in [6.07, 6.45) is 1.37. The van der Waals surface area contributed by atoms with E-state index in [0.717, 1.165) is 11.9 Å². The summed E-state index contributed by atoms with van der Waals surface area (Å²) in [5, 5.41) is 11.5. The summed E-state index contributed by atoms with van der Waals surface area (Å²) in [6, 6.07) is 0. The lowest BCUT2D eigenvalue weighted by Gasteiger charge is -2.05. The lowest BCUT2D eigenvalue weighted by molar-refractivity contribution is -0.915. The predicted molar refractivity (Wildman–Crippen MR) is 22.1 cm³/mol. The molecular weight excluding hydrogens is 102 g/mol. The van der Waals surface area contributed by atoms with Crippen molar-refractivity contribution in [1.29, 1.82) is 0 Å². The molecule has 0 bridgehead atoms. The molecule has 1 heterocycles. The average Bonchev–Trinajstić information content (AvgIpc) is 1.86. The van der Waals surface area contributed by atoms with Gasteiger partial charge in [-0.3, -0.25) is 0 Å². The van der Waals surface area contributed by atoms with E-state index < -0.39 is 0 Å². The van der Waals surface area contributed by atoms with Gasteiger partial charge in [0.05, 0.1) is 5.41 Å². The second kappa shape index (κ2) is 1.51. The van der Waals surface area contributed by atoms with Crippen molar-refractivity contribution in [1.82, 2.24) is 0 Å². The molecule has 1 atom stereocenters. The maximum atomic E-state index is 9.92. The Labute approximate surface area is 39.2 Å². The summed E-state index contributed by atoms with van der Waals surface area (Å²) in [4.78, 5) is 4.30. The molecule has 1 aliphatic heterocycles. The topological polar surface area (TPSA) is 36.7 Å². The van der Waals surface area contributed by atoms with Gasteiger partial charge in [-0.25, -0.2) is 0 Å². The van der Waals surface area contributed by atoms with Crippen LogP contribution >= 0.6 is 11.9 Å². The monoisotopic (exact) mass is 105 g/mol. The van der Waals surface area contributed by atoms with E-state index in [9.17, 15) is 5.21 Å². The maximum absolute atomic E-state index is 9.92. The molecule has 0 saturated heterocycles. The Balaban J connectivity index is 2.32. The van der Waals surface area contributed by atoms with E-state index in [1.54, 1.807) is 5.41 Å². The maximum Gasteiger partial charge on any atom is 0.168 e. The number of nitrogens with one attached hydrogen (secondary N) is 1. The highest BCUT2D eigenvalue weighted by Gasteiger charge is 1.99. The normalized spacial score (nSPS) is 30.5. The van der Waals surface area contributed by atoms with Gasteiger partial charge in [0.2, 0.25) is 0 Å². The van der Waals surface area contributed by atoms with E-state index in [4.69, 9.17) is 0 Å². The molecule has 0 saturated carbocycles. The minimum Gasteiger partial charge on any atom is -0.578 e. The first kappa shape index (κ1) is 3.98. The number of hydrogen-bond donors (Lipinski definition) is 1. The molecule has 1 unspecified atom stereocenters. The lowest BCUT2D eigenvalue weighted by atomic mass is 11.2. The zero-order valence-electron chi connectivity index (χ0n) is 2.88. The van der Waals surface area contributed by atoms with Crippen LogP contribution in [0.4, 0.5) is 0 Å². The van der Waals surface area contributed by atoms with Crippen molar-refractivity contribution < 1.29 is 9.47 Å². The predicted octanol–water partition coefficient (Wildman–Crippen LogP) is -0.566. The van der Waals surface area contributed by atoms with Gasteiger partial charge in [-0.15, -0.1) is 4.63 Å². The van der Waals surface area contributed by atoms with Crippen LogP contribution in [0.3, 0.4) is 0 Å². The van der Waals surface area contributed by atoms with Gasteiger partial charge in [-0.2, -0.15) is 0 Å². The SMILES string of the molecule is [O-][NH+]1OC=CS1. The van der Waals surface area contributed by atoms with Crippen LogP contribution in [0.25, 0.3) is 0 Å². The minimum absolute atomic E-state index is 0.241. The van der Waals surface area contributed by atoms with E-state index in [1.165, 1.54) is 6.26 Å². The highest BCUT2D eigenvalue weighted by atomic mass is 32.2. The van der Waals surface area contributed by atoms with Gasteiger partial charge in [0.25, 0.3) is 0 Å². The fourth-order valence-electron chi connectivity index (χ4n) is 0.194. The molecule has 0 aromatic rings. The smallest absolute Gasteiger partial charge is 0.168 e. The molecule has 34 valence electrons. The molecule has 1 N–H and O–H groups in total. The molecular formula is C2H3NO2S. The molecule has 1 aliphatic rings. The molecule has 0 radical (unpaired) electrons. The number of rotatable bonds is 0. The minimum atomic E-state index is -0.241. The summed E-state index contributed by atoms with van der Waals surface area (Å²) in [5.74, 6) is 0. The largest absolute Gasteiger partial charge is 0.578 e. The van der Waals surface area contributed by atoms with Gasteiger partial charge in [0.1, 0.15) is 0 Å². The fourth-order valence-corrected chi connectivity index (χ4v) is 0.528. The zero-order chi connectivity index (χ0) is 4.41. The Hall–Kier alpha value is -0.190. The first-order valence-electron chi connectivity index (χ1n) is 1.42. The summed E-state index contributed by atoms with van der Waals surface area (Å²) in [7, 11) is 0. The first-order chi connectivity index (χ1) is 2.89. The van der Waals surface area contributed by atoms with Gasteiger partial charge in [0, 0.05) is 0 Å². The van der Waals surface area contributed by atoms with E-state index in [2.05, 4.69) is 4.84 Å². The molecule has 3 nitrogen and oxygen atoms in total. The van der Waals surface area contributed by atoms with E-state index >= 15 is 0 Å². The number of quaternary nitrogens is 1. The van der Waals surface area contributed by atoms with E-state index in [1.807, 2.05) is 0 Å². The van der Waals surface area contributed by atoms with Gasteiger partial charge in [-0.1, -0.05) is 0 Å². The van der Waals surface area contributed by atoms with Crippen molar-refractivity contribution in [2.24, 2.45) is 0 Å². The van der Waals surface area contributed by atoms with Gasteiger partial charge in [-0.05, 0) is 0 Å². The average molecular weight is 105 g/mol. The van der Waals surface area contributed by atoms with Crippen LogP contribution in [0.2, 0.25) is 0 Å². The van der Waals surface area contributed by atoms with E-state index in [-0.39, 0.29) is 4.63 Å². The van der Waals surface area contributed by atoms with Crippen LogP contribution in [0, 0.1) is 5.21 Å². The summed E-state index contributed by atoms with van der Waals surface area (Å²) >= 11 is 1.06. The van der Waals surface area contributed by atoms with Gasteiger partial charge < -0.3 is 10.0 Å². The Morgan fingerprint density at radius 3 is 2.83 bits per heavy atom. The lowest BCUT2D eigenvalue weighted by Crippen LogP contribution is -2.96. The molecule has 0 aromatic heterocycles. The van der Waals surface area contributed by atoms with Crippen molar-refractivity contribution in [3.05, 3.63) is 16.9 Å². The van der Waals surface area contributed by atoms with E-state index in [0.29, 0.717) is 0 Å². The standard InChI is InChI=1S/C2H3NO2S/c4-3-5-1-2-6-3/h1-3H. The van der Waals surface area contributed by atoms with Gasteiger partial charge in [0.15, 0.2) is 18.2 Å². The quantitative estimate of drug-likeness (QED) is 0.331. The van der Waals surface area contributed by atoms with Crippen LogP contribution in [0.15, 0.2) is 11.7 Å². The Kier molecular flexibility index (Phi) is 0.999. The highest BCUT2D eigenvalue weighted by molar-refractivity contribution is 7.96. The molecule has 0 spiro atoms. The van der Waals surface area contributed by atoms with Crippen LogP contribution < -0.4 is 4.63 Å². The molecule has 6 heavy (non-hydrogen) atoms. The summed E-state index contributed by atoms with van der Waals surface area (Å²) in [5.41, 5.74) is 0. The second-order valence-corrected chi connectivity index (χ2v) is 1.60.